The van der Waals surface area contributed by atoms with E-state index in [1.54, 1.807) is 6.21 Å². The van der Waals surface area contributed by atoms with Gasteiger partial charge in [-0.3, -0.25) is 5.43 Å². The van der Waals surface area contributed by atoms with Gasteiger partial charge in [0.25, 0.3) is 0 Å². The molecule has 1 heterocycles. The number of aryl methyl sites for hydroxylation is 2. The van der Waals surface area contributed by atoms with E-state index in [4.69, 9.17) is 0 Å². The monoisotopic (exact) mass is 309 g/mol. The van der Waals surface area contributed by atoms with Crippen molar-refractivity contribution in [2.75, 3.05) is 24.4 Å². The lowest BCUT2D eigenvalue weighted by Crippen LogP contribution is -2.08. The number of benzene rings is 1. The summed E-state index contributed by atoms with van der Waals surface area (Å²) in [5, 5.41) is 4.30. The van der Waals surface area contributed by atoms with Crippen LogP contribution in [0.4, 0.5) is 11.5 Å². The van der Waals surface area contributed by atoms with Crippen molar-refractivity contribution in [3.63, 3.8) is 0 Å². The lowest BCUT2D eigenvalue weighted by Gasteiger charge is -2.12. The highest BCUT2D eigenvalue weighted by Gasteiger charge is 2.08. The summed E-state index contributed by atoms with van der Waals surface area (Å²) in [4.78, 5) is 10.9. The molecule has 0 bridgehead atoms. The number of nitrogens with one attached hydrogen (secondary N) is 1. The van der Waals surface area contributed by atoms with Crippen molar-refractivity contribution in [1.29, 1.82) is 0 Å². The average Bonchev–Trinajstić information content (AvgIpc) is 2.51. The van der Waals surface area contributed by atoms with Crippen molar-refractivity contribution in [3.8, 4) is 0 Å². The van der Waals surface area contributed by atoms with Crippen LogP contribution in [0.25, 0.3) is 0 Å². The molecule has 0 aliphatic heterocycles. The maximum Gasteiger partial charge on any atom is 0.153 e. The van der Waals surface area contributed by atoms with Crippen LogP contribution in [0, 0.1) is 13.8 Å². The maximum absolute atomic E-state index is 4.43. The Hall–Kier alpha value is -2.69. The van der Waals surface area contributed by atoms with Gasteiger partial charge in [-0.25, -0.2) is 9.97 Å². The zero-order chi connectivity index (χ0) is 16.8. The van der Waals surface area contributed by atoms with E-state index in [-0.39, 0.29) is 0 Å². The van der Waals surface area contributed by atoms with Crippen molar-refractivity contribution in [1.82, 2.24) is 9.97 Å². The van der Waals surface area contributed by atoms with Crippen LogP contribution < -0.4 is 10.3 Å². The number of anilines is 2. The minimum atomic E-state index is 0.710. The highest BCUT2D eigenvalue weighted by molar-refractivity contribution is 5.81. The number of rotatable bonds is 6. The first-order chi connectivity index (χ1) is 11.0. The second kappa shape index (κ2) is 7.54. The fourth-order valence-electron chi connectivity index (χ4n) is 2.24. The van der Waals surface area contributed by atoms with E-state index in [2.05, 4.69) is 44.1 Å². The lowest BCUT2D eigenvalue weighted by atomic mass is 10.1. The molecule has 0 saturated carbocycles. The summed E-state index contributed by atoms with van der Waals surface area (Å²) in [7, 11) is 4.04. The number of hydrazone groups is 1. The molecule has 0 atom stereocenters. The second-order valence-electron chi connectivity index (χ2n) is 5.53. The summed E-state index contributed by atoms with van der Waals surface area (Å²) in [5.41, 5.74) is 7.18. The third-order valence-corrected chi connectivity index (χ3v) is 3.47. The van der Waals surface area contributed by atoms with E-state index < -0.39 is 0 Å². The number of aromatic nitrogens is 2. The molecule has 0 amide bonds. The molecule has 0 unspecified atom stereocenters. The SMILES string of the molecule is C=CCc1c(C)nc(C)nc1NN=Cc1ccc(N(C)C)cc1. The lowest BCUT2D eigenvalue weighted by molar-refractivity contribution is 0.964. The first kappa shape index (κ1) is 16.7. The van der Waals surface area contributed by atoms with Crippen molar-refractivity contribution < 1.29 is 0 Å². The maximum atomic E-state index is 4.43. The van der Waals surface area contributed by atoms with Gasteiger partial charge in [-0.15, -0.1) is 6.58 Å². The fourth-order valence-corrected chi connectivity index (χ4v) is 2.24. The van der Waals surface area contributed by atoms with Gasteiger partial charge < -0.3 is 4.90 Å². The molecular formula is C18H23N5. The van der Waals surface area contributed by atoms with E-state index in [0.717, 1.165) is 34.2 Å². The van der Waals surface area contributed by atoms with Crippen LogP contribution >= 0.6 is 0 Å². The number of allylic oxidation sites excluding steroid dienone is 1. The zero-order valence-electron chi connectivity index (χ0n) is 14.2. The highest BCUT2D eigenvalue weighted by atomic mass is 15.3. The van der Waals surface area contributed by atoms with Crippen molar-refractivity contribution in [3.05, 3.63) is 59.6 Å². The molecule has 5 heteroatoms. The number of hydrogen-bond donors (Lipinski definition) is 1. The van der Waals surface area contributed by atoms with Crippen LogP contribution in [0.5, 0.6) is 0 Å². The van der Waals surface area contributed by atoms with Crippen LogP contribution in [0.3, 0.4) is 0 Å². The molecule has 120 valence electrons. The highest BCUT2D eigenvalue weighted by Crippen LogP contribution is 2.17. The van der Waals surface area contributed by atoms with E-state index in [1.807, 2.05) is 46.2 Å². The van der Waals surface area contributed by atoms with Gasteiger partial charge in [-0.05, 0) is 38.0 Å². The molecule has 0 saturated heterocycles. The van der Waals surface area contributed by atoms with Gasteiger partial charge >= 0.3 is 0 Å². The van der Waals surface area contributed by atoms with Gasteiger partial charge in [-0.2, -0.15) is 5.10 Å². The summed E-state index contributed by atoms with van der Waals surface area (Å²) < 4.78 is 0. The molecule has 0 fully saturated rings. The Morgan fingerprint density at radius 3 is 2.48 bits per heavy atom. The van der Waals surface area contributed by atoms with Crippen LogP contribution in [0.1, 0.15) is 22.6 Å². The third kappa shape index (κ3) is 4.39. The van der Waals surface area contributed by atoms with Crippen LogP contribution in [0.15, 0.2) is 42.0 Å². The summed E-state index contributed by atoms with van der Waals surface area (Å²) in [6.45, 7) is 7.63. The molecule has 2 rings (SSSR count). The molecule has 1 aromatic carbocycles. The summed E-state index contributed by atoms with van der Waals surface area (Å²) in [6.07, 6.45) is 4.33. The third-order valence-electron chi connectivity index (χ3n) is 3.47. The molecule has 2 aromatic rings. The van der Waals surface area contributed by atoms with Gasteiger partial charge in [0, 0.05) is 31.0 Å². The molecule has 0 aliphatic carbocycles. The summed E-state index contributed by atoms with van der Waals surface area (Å²) in [6, 6.07) is 8.18. The molecule has 0 radical (unpaired) electrons. The molecular weight excluding hydrogens is 286 g/mol. The zero-order valence-corrected chi connectivity index (χ0v) is 14.2. The van der Waals surface area contributed by atoms with Crippen molar-refractivity contribution >= 4 is 17.7 Å². The summed E-state index contributed by atoms with van der Waals surface area (Å²) in [5.74, 6) is 1.46. The Labute approximate surface area is 137 Å². The molecule has 5 nitrogen and oxygen atoms in total. The molecule has 0 aliphatic rings. The van der Waals surface area contributed by atoms with Gasteiger partial charge in [-0.1, -0.05) is 18.2 Å². The topological polar surface area (TPSA) is 53.4 Å². The molecule has 1 aromatic heterocycles. The van der Waals surface area contributed by atoms with Crippen molar-refractivity contribution in [2.45, 2.75) is 20.3 Å². The van der Waals surface area contributed by atoms with Gasteiger partial charge in [0.05, 0.1) is 6.21 Å². The predicted octanol–water partition coefficient (Wildman–Crippen LogP) is 3.33. The molecule has 0 spiro atoms. The molecule has 1 N–H and O–H groups in total. The Balaban J connectivity index is 2.15. The average molecular weight is 309 g/mol. The van der Waals surface area contributed by atoms with Gasteiger partial charge in [0.2, 0.25) is 0 Å². The van der Waals surface area contributed by atoms with E-state index >= 15 is 0 Å². The Morgan fingerprint density at radius 2 is 1.87 bits per heavy atom. The quantitative estimate of drug-likeness (QED) is 0.505. The van der Waals surface area contributed by atoms with Crippen molar-refractivity contribution in [2.24, 2.45) is 5.10 Å². The first-order valence-corrected chi connectivity index (χ1v) is 7.52. The fraction of sp³-hybridized carbons (Fsp3) is 0.278. The van der Waals surface area contributed by atoms with Crippen LogP contribution in [0.2, 0.25) is 0 Å². The van der Waals surface area contributed by atoms with E-state index in [1.165, 1.54) is 0 Å². The molecule has 23 heavy (non-hydrogen) atoms. The largest absolute Gasteiger partial charge is 0.378 e. The normalized spacial score (nSPS) is 10.8. The smallest absolute Gasteiger partial charge is 0.153 e. The van der Waals surface area contributed by atoms with Crippen LogP contribution in [-0.2, 0) is 6.42 Å². The van der Waals surface area contributed by atoms with Crippen LogP contribution in [-0.4, -0.2) is 30.3 Å². The minimum absolute atomic E-state index is 0.710. The van der Waals surface area contributed by atoms with Gasteiger partial charge in [0.1, 0.15) is 5.82 Å². The first-order valence-electron chi connectivity index (χ1n) is 7.52. The predicted molar refractivity (Wildman–Crippen MR) is 97.4 cm³/mol. The Bertz CT molecular complexity index is 702. The van der Waals surface area contributed by atoms with E-state index in [0.29, 0.717) is 6.42 Å². The Morgan fingerprint density at radius 1 is 1.17 bits per heavy atom. The van der Waals surface area contributed by atoms with E-state index in [9.17, 15) is 0 Å². The minimum Gasteiger partial charge on any atom is -0.378 e. The second-order valence-corrected chi connectivity index (χ2v) is 5.53. The standard InChI is InChI=1S/C18H23N5/c1-6-7-17-13(2)20-14(3)21-18(17)22-19-12-15-8-10-16(11-9-15)23(4)5/h6,8-12H,1,7H2,2-5H3,(H,20,21,22). The Kier molecular flexibility index (Phi) is 5.46. The number of nitrogens with zero attached hydrogens (tertiary/aromatic N) is 4. The number of hydrogen-bond acceptors (Lipinski definition) is 5. The summed E-state index contributed by atoms with van der Waals surface area (Å²) >= 11 is 0. The van der Waals surface area contributed by atoms with Gasteiger partial charge in [0.15, 0.2) is 5.82 Å².